The third-order valence-electron chi connectivity index (χ3n) is 3.94. The van der Waals surface area contributed by atoms with Crippen LogP contribution in [0.5, 0.6) is 0 Å². The molecule has 7 heteroatoms. The van der Waals surface area contributed by atoms with Gasteiger partial charge in [0.15, 0.2) is 5.82 Å². The summed E-state index contributed by atoms with van der Waals surface area (Å²) in [5.41, 5.74) is -0.0795. The molecule has 1 unspecified atom stereocenters. The monoisotopic (exact) mass is 310 g/mol. The first kappa shape index (κ1) is 15.0. The molecule has 118 valence electrons. The van der Waals surface area contributed by atoms with Crippen molar-refractivity contribution in [2.75, 3.05) is 13.1 Å². The van der Waals surface area contributed by atoms with Gasteiger partial charge in [0.1, 0.15) is 5.82 Å². The Morgan fingerprint density at radius 2 is 1.82 bits per heavy atom. The van der Waals surface area contributed by atoms with E-state index < -0.39 is 11.7 Å². The normalized spacial score (nSPS) is 19.9. The average molecular weight is 310 g/mol. The molecule has 1 aromatic carbocycles. The van der Waals surface area contributed by atoms with E-state index in [1.807, 2.05) is 0 Å². The Morgan fingerprint density at radius 1 is 1.05 bits per heavy atom. The van der Waals surface area contributed by atoms with Crippen LogP contribution in [0.1, 0.15) is 36.6 Å². The van der Waals surface area contributed by atoms with Crippen LogP contribution in [0.4, 0.5) is 13.2 Å². The molecule has 3 rings (SSSR count). The number of hydrogen-bond acceptors (Lipinski definition) is 3. The summed E-state index contributed by atoms with van der Waals surface area (Å²) in [7, 11) is 0. The first-order valence-electron chi connectivity index (χ1n) is 7.35. The van der Waals surface area contributed by atoms with Crippen LogP contribution in [0.3, 0.4) is 0 Å². The third kappa shape index (κ3) is 3.30. The minimum Gasteiger partial charge on any atom is -0.317 e. The van der Waals surface area contributed by atoms with E-state index in [2.05, 4.69) is 20.5 Å². The highest BCUT2D eigenvalue weighted by Crippen LogP contribution is 2.31. The fourth-order valence-electron chi connectivity index (χ4n) is 2.69. The van der Waals surface area contributed by atoms with Crippen molar-refractivity contribution in [2.24, 2.45) is 0 Å². The number of H-pyrrole nitrogens is 1. The highest BCUT2D eigenvalue weighted by molar-refractivity contribution is 5.55. The lowest BCUT2D eigenvalue weighted by Crippen LogP contribution is -2.14. The van der Waals surface area contributed by atoms with Gasteiger partial charge in [-0.15, -0.1) is 0 Å². The van der Waals surface area contributed by atoms with Crippen molar-refractivity contribution in [3.63, 3.8) is 0 Å². The fourth-order valence-corrected chi connectivity index (χ4v) is 2.69. The topological polar surface area (TPSA) is 53.6 Å². The third-order valence-corrected chi connectivity index (χ3v) is 3.94. The van der Waals surface area contributed by atoms with Crippen molar-refractivity contribution in [1.82, 2.24) is 20.5 Å². The highest BCUT2D eigenvalue weighted by Gasteiger charge is 2.30. The van der Waals surface area contributed by atoms with Gasteiger partial charge in [0.05, 0.1) is 5.56 Å². The van der Waals surface area contributed by atoms with E-state index in [0.29, 0.717) is 17.3 Å². The molecule has 0 saturated carbocycles. The van der Waals surface area contributed by atoms with Crippen molar-refractivity contribution in [3.05, 3.63) is 35.7 Å². The number of alkyl halides is 3. The van der Waals surface area contributed by atoms with Crippen LogP contribution in [0.25, 0.3) is 11.4 Å². The zero-order chi connectivity index (χ0) is 15.6. The molecule has 0 spiro atoms. The number of hydrogen-bond donors (Lipinski definition) is 2. The number of aromatic amines is 1. The van der Waals surface area contributed by atoms with Crippen LogP contribution in [0.15, 0.2) is 24.3 Å². The second kappa shape index (κ2) is 6.08. The molecule has 1 aliphatic heterocycles. The average Bonchev–Trinajstić information content (AvgIpc) is 2.82. The van der Waals surface area contributed by atoms with E-state index in [0.717, 1.165) is 50.3 Å². The van der Waals surface area contributed by atoms with Gasteiger partial charge >= 0.3 is 6.18 Å². The lowest BCUT2D eigenvalue weighted by atomic mass is 10.0. The number of rotatable bonds is 2. The largest absolute Gasteiger partial charge is 0.416 e. The Bertz CT molecular complexity index is 610. The standard InChI is InChI=1S/C15H17F3N4/c16-15(17,18)12-5-3-11(4-6-12)14-20-13(21-22-14)10-2-1-8-19-9-7-10/h3-6,10,19H,1-2,7-9H2,(H,20,21,22). The van der Waals surface area contributed by atoms with Crippen LogP contribution in [0, 0.1) is 0 Å². The van der Waals surface area contributed by atoms with Crippen LogP contribution in [0.2, 0.25) is 0 Å². The molecular weight excluding hydrogens is 293 g/mol. The second-order valence-electron chi connectivity index (χ2n) is 5.50. The summed E-state index contributed by atoms with van der Waals surface area (Å²) in [6.45, 7) is 1.96. The SMILES string of the molecule is FC(F)(F)c1ccc(-c2n[nH]c(C3CCCNCC3)n2)cc1. The van der Waals surface area contributed by atoms with Crippen LogP contribution >= 0.6 is 0 Å². The minimum atomic E-state index is -4.32. The Labute approximate surface area is 126 Å². The van der Waals surface area contributed by atoms with Crippen LogP contribution < -0.4 is 5.32 Å². The van der Waals surface area contributed by atoms with Crippen LogP contribution in [-0.4, -0.2) is 28.3 Å². The fraction of sp³-hybridized carbons (Fsp3) is 0.467. The molecule has 1 aliphatic rings. The quantitative estimate of drug-likeness (QED) is 0.894. The van der Waals surface area contributed by atoms with E-state index in [9.17, 15) is 13.2 Å². The van der Waals surface area contributed by atoms with Crippen molar-refractivity contribution in [2.45, 2.75) is 31.4 Å². The predicted octanol–water partition coefficient (Wildman–Crippen LogP) is 3.35. The van der Waals surface area contributed by atoms with E-state index in [-0.39, 0.29) is 0 Å². The zero-order valence-corrected chi connectivity index (χ0v) is 12.0. The summed E-state index contributed by atoms with van der Waals surface area (Å²) >= 11 is 0. The molecule has 0 aliphatic carbocycles. The summed E-state index contributed by atoms with van der Waals surface area (Å²) in [5.74, 6) is 1.59. The van der Waals surface area contributed by atoms with E-state index >= 15 is 0 Å². The lowest BCUT2D eigenvalue weighted by Gasteiger charge is -2.08. The molecule has 22 heavy (non-hydrogen) atoms. The van der Waals surface area contributed by atoms with Gasteiger partial charge in [-0.3, -0.25) is 5.10 Å². The number of nitrogens with one attached hydrogen (secondary N) is 2. The highest BCUT2D eigenvalue weighted by atomic mass is 19.4. The van der Waals surface area contributed by atoms with E-state index in [1.54, 1.807) is 0 Å². The summed E-state index contributed by atoms with van der Waals surface area (Å²) in [5, 5.41) is 10.4. The molecule has 1 aromatic heterocycles. The van der Waals surface area contributed by atoms with Gasteiger partial charge in [0.2, 0.25) is 0 Å². The van der Waals surface area contributed by atoms with Crippen molar-refractivity contribution >= 4 is 0 Å². The summed E-state index contributed by atoms with van der Waals surface area (Å²) < 4.78 is 37.7. The number of aromatic nitrogens is 3. The van der Waals surface area contributed by atoms with Gasteiger partial charge in [-0.1, -0.05) is 12.1 Å². The molecule has 4 nitrogen and oxygen atoms in total. The maximum absolute atomic E-state index is 12.6. The van der Waals surface area contributed by atoms with Gasteiger partial charge in [-0.25, -0.2) is 4.98 Å². The summed E-state index contributed by atoms with van der Waals surface area (Å²) in [6, 6.07) is 4.93. The smallest absolute Gasteiger partial charge is 0.317 e. The molecule has 0 bridgehead atoms. The zero-order valence-electron chi connectivity index (χ0n) is 12.0. The molecule has 2 N–H and O–H groups in total. The van der Waals surface area contributed by atoms with Gasteiger partial charge < -0.3 is 5.32 Å². The molecule has 1 saturated heterocycles. The predicted molar refractivity (Wildman–Crippen MR) is 76.3 cm³/mol. The summed E-state index contributed by atoms with van der Waals surface area (Å²) in [6.07, 6.45) is -1.21. The number of benzene rings is 1. The maximum Gasteiger partial charge on any atom is 0.416 e. The van der Waals surface area contributed by atoms with Crippen molar-refractivity contribution < 1.29 is 13.2 Å². The van der Waals surface area contributed by atoms with Gasteiger partial charge in [0, 0.05) is 11.5 Å². The van der Waals surface area contributed by atoms with Crippen LogP contribution in [-0.2, 0) is 6.18 Å². The second-order valence-corrected chi connectivity index (χ2v) is 5.50. The molecule has 2 heterocycles. The van der Waals surface area contributed by atoms with E-state index in [1.165, 1.54) is 12.1 Å². The summed E-state index contributed by atoms with van der Waals surface area (Å²) in [4.78, 5) is 4.46. The molecule has 0 amide bonds. The molecule has 1 fully saturated rings. The Kier molecular flexibility index (Phi) is 4.15. The lowest BCUT2D eigenvalue weighted by molar-refractivity contribution is -0.137. The van der Waals surface area contributed by atoms with Crippen molar-refractivity contribution in [1.29, 1.82) is 0 Å². The number of halogens is 3. The van der Waals surface area contributed by atoms with Gasteiger partial charge in [-0.2, -0.15) is 18.3 Å². The van der Waals surface area contributed by atoms with Gasteiger partial charge in [0.25, 0.3) is 0 Å². The molecular formula is C15H17F3N4. The Balaban J connectivity index is 1.78. The van der Waals surface area contributed by atoms with Gasteiger partial charge in [-0.05, 0) is 44.5 Å². The molecule has 1 atom stereocenters. The Morgan fingerprint density at radius 3 is 2.55 bits per heavy atom. The molecule has 0 radical (unpaired) electrons. The first-order valence-corrected chi connectivity index (χ1v) is 7.35. The van der Waals surface area contributed by atoms with E-state index in [4.69, 9.17) is 0 Å². The minimum absolute atomic E-state index is 0.325. The Hall–Kier alpha value is -1.89. The molecule has 2 aromatic rings. The van der Waals surface area contributed by atoms with Crippen molar-refractivity contribution in [3.8, 4) is 11.4 Å². The first-order chi connectivity index (χ1) is 10.5. The maximum atomic E-state index is 12.6. The number of nitrogens with zero attached hydrogens (tertiary/aromatic N) is 2.